The Bertz CT molecular complexity index is 296. The maximum Gasteiger partial charge on any atom is 0.152 e. The molecular weight excluding hydrogens is 184 g/mol. The van der Waals surface area contributed by atoms with Gasteiger partial charge in [-0.05, 0) is 43.1 Å². The Morgan fingerprint density at radius 2 is 2.13 bits per heavy atom. The Morgan fingerprint density at radius 3 is 2.67 bits per heavy atom. The first-order valence-corrected chi connectivity index (χ1v) is 5.72. The second-order valence-electron chi connectivity index (χ2n) is 5.34. The average Bonchev–Trinajstić information content (AvgIpc) is 2.11. The zero-order chi connectivity index (χ0) is 11.6. The zero-order valence-corrected chi connectivity index (χ0v) is 10.3. The normalized spacial score (nSPS) is 30.8. The van der Waals surface area contributed by atoms with Crippen LogP contribution < -0.4 is 0 Å². The van der Waals surface area contributed by atoms with Gasteiger partial charge in [0.1, 0.15) is 0 Å². The molecule has 1 aliphatic carbocycles. The largest absolute Gasteiger partial charge is 0.295 e. The van der Waals surface area contributed by atoms with Crippen LogP contribution in [0, 0.1) is 17.3 Å². The molecule has 0 heterocycles. The van der Waals surface area contributed by atoms with Gasteiger partial charge in [-0.1, -0.05) is 39.0 Å². The van der Waals surface area contributed by atoms with E-state index in [0.29, 0.717) is 11.8 Å². The van der Waals surface area contributed by atoms with E-state index in [9.17, 15) is 4.79 Å². The third-order valence-electron chi connectivity index (χ3n) is 3.80. The van der Waals surface area contributed by atoms with Crippen molar-refractivity contribution in [3.05, 3.63) is 24.3 Å². The number of carbonyl (C=O) groups is 1. The Morgan fingerprint density at radius 1 is 1.53 bits per heavy atom. The molecule has 1 heteroatoms. The van der Waals surface area contributed by atoms with Crippen molar-refractivity contribution in [2.24, 2.45) is 17.3 Å². The molecule has 2 atom stereocenters. The maximum atomic E-state index is 11.0. The van der Waals surface area contributed by atoms with Crippen LogP contribution in [-0.4, -0.2) is 5.78 Å². The molecule has 1 rings (SSSR count). The standard InChI is InChI=1S/C14H22O/c1-10-6-7-11(2)14(4,5)13(10)9-8-12(3)15/h8-10,13H,2,6-7H2,1,3-5H3. The molecule has 0 amide bonds. The van der Waals surface area contributed by atoms with Crippen LogP contribution in [0.15, 0.2) is 24.3 Å². The van der Waals surface area contributed by atoms with Crippen LogP contribution >= 0.6 is 0 Å². The maximum absolute atomic E-state index is 11.0. The van der Waals surface area contributed by atoms with Gasteiger partial charge in [-0.25, -0.2) is 0 Å². The third-order valence-corrected chi connectivity index (χ3v) is 3.80. The molecule has 0 bridgehead atoms. The summed E-state index contributed by atoms with van der Waals surface area (Å²) >= 11 is 0. The van der Waals surface area contributed by atoms with Gasteiger partial charge in [-0.2, -0.15) is 0 Å². The van der Waals surface area contributed by atoms with Gasteiger partial charge >= 0.3 is 0 Å². The molecule has 0 saturated heterocycles. The molecule has 0 aromatic rings. The SMILES string of the molecule is C=C1CCC(C)C(C=CC(C)=O)C1(C)C. The van der Waals surface area contributed by atoms with Gasteiger partial charge in [0, 0.05) is 0 Å². The van der Waals surface area contributed by atoms with E-state index in [1.165, 1.54) is 12.0 Å². The second-order valence-corrected chi connectivity index (χ2v) is 5.34. The fourth-order valence-corrected chi connectivity index (χ4v) is 2.52. The van der Waals surface area contributed by atoms with Crippen molar-refractivity contribution in [2.45, 2.75) is 40.5 Å². The summed E-state index contributed by atoms with van der Waals surface area (Å²) in [6.07, 6.45) is 6.10. The quantitative estimate of drug-likeness (QED) is 0.496. The predicted molar refractivity (Wildman–Crippen MR) is 64.6 cm³/mol. The second kappa shape index (κ2) is 4.34. The van der Waals surface area contributed by atoms with Crippen LogP contribution in [0.4, 0.5) is 0 Å². The summed E-state index contributed by atoms with van der Waals surface area (Å²) in [7, 11) is 0. The van der Waals surface area contributed by atoms with Crippen molar-refractivity contribution in [1.29, 1.82) is 0 Å². The van der Waals surface area contributed by atoms with Crippen LogP contribution in [0.3, 0.4) is 0 Å². The molecule has 1 fully saturated rings. The summed E-state index contributed by atoms with van der Waals surface area (Å²) in [5.74, 6) is 1.22. The highest BCUT2D eigenvalue weighted by Gasteiger charge is 2.37. The molecular formula is C14H22O. The first-order chi connectivity index (χ1) is 6.85. The van der Waals surface area contributed by atoms with Gasteiger partial charge in [0.05, 0.1) is 0 Å². The molecule has 0 radical (unpaired) electrons. The first-order valence-electron chi connectivity index (χ1n) is 5.72. The minimum atomic E-state index is 0.129. The number of rotatable bonds is 2. The van der Waals surface area contributed by atoms with Crippen molar-refractivity contribution in [3.8, 4) is 0 Å². The molecule has 1 aliphatic rings. The Labute approximate surface area is 93.3 Å². The number of carbonyl (C=O) groups excluding carboxylic acids is 1. The lowest BCUT2D eigenvalue weighted by atomic mass is 9.62. The van der Waals surface area contributed by atoms with E-state index in [1.807, 2.05) is 0 Å². The lowest BCUT2D eigenvalue weighted by Crippen LogP contribution is -2.34. The predicted octanol–water partition coefficient (Wildman–Crippen LogP) is 3.76. The minimum absolute atomic E-state index is 0.129. The molecule has 84 valence electrons. The first kappa shape index (κ1) is 12.2. The van der Waals surface area contributed by atoms with Crippen LogP contribution in [0.5, 0.6) is 0 Å². The van der Waals surface area contributed by atoms with E-state index in [2.05, 4.69) is 33.4 Å². The average molecular weight is 206 g/mol. The van der Waals surface area contributed by atoms with E-state index in [-0.39, 0.29) is 11.2 Å². The molecule has 0 aromatic heterocycles. The molecule has 2 unspecified atom stereocenters. The lowest BCUT2D eigenvalue weighted by molar-refractivity contribution is -0.112. The summed E-state index contributed by atoms with van der Waals surface area (Å²) in [6, 6.07) is 0. The van der Waals surface area contributed by atoms with Crippen molar-refractivity contribution < 1.29 is 4.79 Å². The highest BCUT2D eigenvalue weighted by molar-refractivity contribution is 5.87. The summed E-state index contributed by atoms with van der Waals surface area (Å²) in [5, 5.41) is 0. The summed E-state index contributed by atoms with van der Waals surface area (Å²) in [5.41, 5.74) is 1.45. The van der Waals surface area contributed by atoms with Crippen molar-refractivity contribution in [3.63, 3.8) is 0 Å². The molecule has 1 nitrogen and oxygen atoms in total. The number of hydrogen-bond donors (Lipinski definition) is 0. The van der Waals surface area contributed by atoms with Gasteiger partial charge in [-0.15, -0.1) is 0 Å². The Hall–Kier alpha value is -0.850. The molecule has 15 heavy (non-hydrogen) atoms. The van der Waals surface area contributed by atoms with Gasteiger partial charge in [-0.3, -0.25) is 4.79 Å². The third kappa shape index (κ3) is 2.58. The summed E-state index contributed by atoms with van der Waals surface area (Å²) in [4.78, 5) is 11.0. The molecule has 0 N–H and O–H groups in total. The summed E-state index contributed by atoms with van der Waals surface area (Å²) < 4.78 is 0. The number of hydrogen-bond acceptors (Lipinski definition) is 1. The monoisotopic (exact) mass is 206 g/mol. The van der Waals surface area contributed by atoms with Gasteiger partial charge in [0.25, 0.3) is 0 Å². The van der Waals surface area contributed by atoms with E-state index in [1.54, 1.807) is 13.0 Å². The molecule has 0 aromatic carbocycles. The van der Waals surface area contributed by atoms with Crippen LogP contribution in [0.1, 0.15) is 40.5 Å². The van der Waals surface area contributed by atoms with Crippen LogP contribution in [0.2, 0.25) is 0 Å². The molecule has 0 spiro atoms. The number of ketones is 1. The van der Waals surface area contributed by atoms with Crippen LogP contribution in [0.25, 0.3) is 0 Å². The highest BCUT2D eigenvalue weighted by atomic mass is 16.1. The van der Waals surface area contributed by atoms with Crippen molar-refractivity contribution >= 4 is 5.78 Å². The Kier molecular flexibility index (Phi) is 3.54. The highest BCUT2D eigenvalue weighted by Crippen LogP contribution is 2.47. The van der Waals surface area contributed by atoms with Gasteiger partial charge < -0.3 is 0 Å². The van der Waals surface area contributed by atoms with E-state index in [0.717, 1.165) is 6.42 Å². The van der Waals surface area contributed by atoms with Crippen LogP contribution in [-0.2, 0) is 4.79 Å². The lowest BCUT2D eigenvalue weighted by Gasteiger charge is -2.43. The van der Waals surface area contributed by atoms with Crippen molar-refractivity contribution in [2.75, 3.05) is 0 Å². The smallest absolute Gasteiger partial charge is 0.152 e. The van der Waals surface area contributed by atoms with E-state index in [4.69, 9.17) is 0 Å². The molecule has 0 aliphatic heterocycles. The van der Waals surface area contributed by atoms with Gasteiger partial charge in [0.2, 0.25) is 0 Å². The fourth-order valence-electron chi connectivity index (χ4n) is 2.52. The van der Waals surface area contributed by atoms with E-state index >= 15 is 0 Å². The fraction of sp³-hybridized carbons (Fsp3) is 0.643. The summed E-state index contributed by atoms with van der Waals surface area (Å²) in [6.45, 7) is 12.5. The topological polar surface area (TPSA) is 17.1 Å². The molecule has 1 saturated carbocycles. The van der Waals surface area contributed by atoms with Gasteiger partial charge in [0.15, 0.2) is 5.78 Å². The van der Waals surface area contributed by atoms with E-state index < -0.39 is 0 Å². The number of allylic oxidation sites excluding steroid dienone is 3. The van der Waals surface area contributed by atoms with Crippen molar-refractivity contribution in [1.82, 2.24) is 0 Å². The zero-order valence-electron chi connectivity index (χ0n) is 10.3. The minimum Gasteiger partial charge on any atom is -0.295 e. The Balaban J connectivity index is 2.90.